The Balaban J connectivity index is 2.36. The van der Waals surface area contributed by atoms with E-state index in [1.807, 2.05) is 0 Å². The second-order valence-corrected chi connectivity index (χ2v) is 4.31. The molecule has 17 heavy (non-hydrogen) atoms. The highest BCUT2D eigenvalue weighted by Crippen LogP contribution is 2.11. The lowest BCUT2D eigenvalue weighted by Crippen LogP contribution is -2.35. The molecule has 0 bridgehead atoms. The quantitative estimate of drug-likeness (QED) is 0.697. The Morgan fingerprint density at radius 3 is 2.53 bits per heavy atom. The zero-order valence-corrected chi connectivity index (χ0v) is 10.8. The third-order valence-corrected chi connectivity index (χ3v) is 3.13. The van der Waals surface area contributed by atoms with Crippen LogP contribution in [0.15, 0.2) is 42.7 Å². The maximum atomic E-state index is 2.34. The highest BCUT2D eigenvalue weighted by molar-refractivity contribution is 5.31. The number of imidazole rings is 1. The fourth-order valence-corrected chi connectivity index (χ4v) is 2.17. The van der Waals surface area contributed by atoms with E-state index < -0.39 is 0 Å². The fourth-order valence-electron chi connectivity index (χ4n) is 2.17. The number of nitrogens with zero attached hydrogens (tertiary/aromatic N) is 2. The minimum absolute atomic E-state index is 1.04. The van der Waals surface area contributed by atoms with Crippen molar-refractivity contribution in [1.29, 1.82) is 0 Å². The third kappa shape index (κ3) is 2.57. The average molecular weight is 229 g/mol. The molecule has 1 aromatic carbocycles. The molecule has 0 aliphatic rings. The molecule has 1 aromatic heterocycles. The van der Waals surface area contributed by atoms with Crippen LogP contribution < -0.4 is 4.57 Å². The van der Waals surface area contributed by atoms with Crippen LogP contribution in [0, 0.1) is 0 Å². The lowest BCUT2D eigenvalue weighted by Gasteiger charge is -2.03. The summed E-state index contributed by atoms with van der Waals surface area (Å²) in [5.74, 6) is 1.40. The van der Waals surface area contributed by atoms with Gasteiger partial charge in [0.1, 0.15) is 18.1 Å². The van der Waals surface area contributed by atoms with Crippen molar-refractivity contribution in [2.45, 2.75) is 39.7 Å². The van der Waals surface area contributed by atoms with E-state index in [2.05, 4.69) is 65.7 Å². The predicted molar refractivity (Wildman–Crippen MR) is 70.3 cm³/mol. The van der Waals surface area contributed by atoms with Gasteiger partial charge in [0.2, 0.25) is 0 Å². The minimum atomic E-state index is 1.04. The van der Waals surface area contributed by atoms with Crippen molar-refractivity contribution in [2.24, 2.45) is 0 Å². The van der Waals surface area contributed by atoms with Crippen molar-refractivity contribution in [3.8, 4) is 5.69 Å². The first-order valence-electron chi connectivity index (χ1n) is 6.52. The van der Waals surface area contributed by atoms with Gasteiger partial charge in [0.25, 0.3) is 5.82 Å². The number of hydrogen-bond donors (Lipinski definition) is 0. The van der Waals surface area contributed by atoms with E-state index in [1.54, 1.807) is 0 Å². The van der Waals surface area contributed by atoms with E-state index in [4.69, 9.17) is 0 Å². The second kappa shape index (κ2) is 5.67. The molecule has 0 radical (unpaired) electrons. The SMILES string of the molecule is CCCCc1n(-c2ccccc2)cc[n+]1CC. The van der Waals surface area contributed by atoms with Crippen LogP contribution >= 0.6 is 0 Å². The van der Waals surface area contributed by atoms with Gasteiger partial charge in [0.05, 0.1) is 6.54 Å². The lowest BCUT2D eigenvalue weighted by molar-refractivity contribution is -0.700. The molecular formula is C15H21N2+. The van der Waals surface area contributed by atoms with Crippen molar-refractivity contribution < 1.29 is 4.57 Å². The maximum absolute atomic E-state index is 2.34. The summed E-state index contributed by atoms with van der Waals surface area (Å²) in [4.78, 5) is 0. The molecule has 0 spiro atoms. The molecule has 0 saturated carbocycles. The zero-order chi connectivity index (χ0) is 12.1. The summed E-state index contributed by atoms with van der Waals surface area (Å²) in [6, 6.07) is 10.6. The van der Waals surface area contributed by atoms with Gasteiger partial charge < -0.3 is 0 Å². The Morgan fingerprint density at radius 2 is 1.88 bits per heavy atom. The second-order valence-electron chi connectivity index (χ2n) is 4.31. The van der Waals surface area contributed by atoms with Crippen LogP contribution in [0.1, 0.15) is 32.5 Å². The Kier molecular flexibility index (Phi) is 3.97. The largest absolute Gasteiger partial charge is 0.261 e. The van der Waals surface area contributed by atoms with Crippen LogP contribution in [-0.2, 0) is 13.0 Å². The van der Waals surface area contributed by atoms with E-state index in [0.717, 1.165) is 13.0 Å². The van der Waals surface area contributed by atoms with Gasteiger partial charge in [-0.1, -0.05) is 31.5 Å². The molecule has 2 nitrogen and oxygen atoms in total. The number of aromatic nitrogens is 2. The molecular weight excluding hydrogens is 208 g/mol. The van der Waals surface area contributed by atoms with E-state index >= 15 is 0 Å². The topological polar surface area (TPSA) is 8.81 Å². The van der Waals surface area contributed by atoms with Crippen molar-refractivity contribution in [2.75, 3.05) is 0 Å². The summed E-state index contributed by atoms with van der Waals surface area (Å²) in [6.45, 7) is 5.48. The number of unbranched alkanes of at least 4 members (excludes halogenated alkanes) is 1. The van der Waals surface area contributed by atoms with Crippen LogP contribution in [0.2, 0.25) is 0 Å². The predicted octanol–water partition coefficient (Wildman–Crippen LogP) is 3.13. The van der Waals surface area contributed by atoms with Gasteiger partial charge in [-0.15, -0.1) is 0 Å². The summed E-state index contributed by atoms with van der Waals surface area (Å²) < 4.78 is 4.64. The van der Waals surface area contributed by atoms with E-state index in [0.29, 0.717) is 0 Å². The number of aryl methyl sites for hydroxylation is 1. The van der Waals surface area contributed by atoms with Crippen LogP contribution in [-0.4, -0.2) is 4.57 Å². The molecule has 2 rings (SSSR count). The van der Waals surface area contributed by atoms with Crippen molar-refractivity contribution in [1.82, 2.24) is 4.57 Å². The smallest absolute Gasteiger partial charge is 0.234 e. The van der Waals surface area contributed by atoms with E-state index in [1.165, 1.54) is 24.4 Å². The molecule has 90 valence electrons. The first kappa shape index (κ1) is 11.9. The fraction of sp³-hybridized carbons (Fsp3) is 0.400. The monoisotopic (exact) mass is 229 g/mol. The van der Waals surface area contributed by atoms with E-state index in [-0.39, 0.29) is 0 Å². The first-order valence-corrected chi connectivity index (χ1v) is 6.52. The van der Waals surface area contributed by atoms with Gasteiger partial charge >= 0.3 is 0 Å². The molecule has 2 aromatic rings. The molecule has 1 heterocycles. The van der Waals surface area contributed by atoms with Crippen molar-refractivity contribution in [3.05, 3.63) is 48.5 Å². The summed E-state index contributed by atoms with van der Waals surface area (Å²) in [5.41, 5.74) is 1.26. The van der Waals surface area contributed by atoms with Crippen molar-refractivity contribution in [3.63, 3.8) is 0 Å². The Bertz CT molecular complexity index is 457. The molecule has 2 heteroatoms. The van der Waals surface area contributed by atoms with E-state index in [9.17, 15) is 0 Å². The normalized spacial score (nSPS) is 10.7. The molecule has 0 unspecified atom stereocenters. The zero-order valence-electron chi connectivity index (χ0n) is 10.8. The van der Waals surface area contributed by atoms with Gasteiger partial charge in [0, 0.05) is 6.42 Å². The lowest BCUT2D eigenvalue weighted by atomic mass is 10.2. The molecule has 0 atom stereocenters. The summed E-state index contributed by atoms with van der Waals surface area (Å²) in [5, 5.41) is 0. The average Bonchev–Trinajstić information content (AvgIpc) is 2.80. The maximum Gasteiger partial charge on any atom is 0.261 e. The minimum Gasteiger partial charge on any atom is -0.234 e. The van der Waals surface area contributed by atoms with Gasteiger partial charge in [0.15, 0.2) is 0 Å². The summed E-state index contributed by atoms with van der Waals surface area (Å²) in [7, 11) is 0. The van der Waals surface area contributed by atoms with Gasteiger partial charge in [-0.05, 0) is 25.5 Å². The standard InChI is InChI=1S/C15H21N2/c1-3-5-11-15-16(4-2)12-13-17(15)14-9-7-6-8-10-14/h6-10,12-13H,3-5,11H2,1-2H3/q+1. The third-order valence-electron chi connectivity index (χ3n) is 3.13. The number of rotatable bonds is 5. The molecule has 0 aliphatic heterocycles. The Morgan fingerprint density at radius 1 is 1.12 bits per heavy atom. The van der Waals surface area contributed by atoms with Gasteiger partial charge in [-0.3, -0.25) is 0 Å². The highest BCUT2D eigenvalue weighted by atomic mass is 15.1. The Hall–Kier alpha value is -1.57. The first-order chi connectivity index (χ1) is 8.36. The molecule has 0 N–H and O–H groups in total. The van der Waals surface area contributed by atoms with Crippen molar-refractivity contribution >= 4 is 0 Å². The van der Waals surface area contributed by atoms with Crippen LogP contribution in [0.3, 0.4) is 0 Å². The molecule has 0 amide bonds. The van der Waals surface area contributed by atoms with Crippen LogP contribution in [0.4, 0.5) is 0 Å². The van der Waals surface area contributed by atoms with Gasteiger partial charge in [-0.2, -0.15) is 4.57 Å². The van der Waals surface area contributed by atoms with Gasteiger partial charge in [-0.25, -0.2) is 4.57 Å². The summed E-state index contributed by atoms with van der Waals surface area (Å²) in [6.07, 6.45) is 7.98. The van der Waals surface area contributed by atoms with Crippen LogP contribution in [0.5, 0.6) is 0 Å². The molecule has 0 saturated heterocycles. The number of para-hydroxylation sites is 1. The molecule has 0 aliphatic carbocycles. The summed E-state index contributed by atoms with van der Waals surface area (Å²) >= 11 is 0. The molecule has 0 fully saturated rings. The Labute approximate surface area is 104 Å². The highest BCUT2D eigenvalue weighted by Gasteiger charge is 2.16. The number of benzene rings is 1. The number of hydrogen-bond acceptors (Lipinski definition) is 0. The van der Waals surface area contributed by atoms with Crippen LogP contribution in [0.25, 0.3) is 5.69 Å².